The fourth-order valence-corrected chi connectivity index (χ4v) is 3.97. The Kier molecular flexibility index (Phi) is 4.97. The number of anilines is 3. The van der Waals surface area contributed by atoms with E-state index in [1.54, 1.807) is 11.6 Å². The van der Waals surface area contributed by atoms with Gasteiger partial charge in [-0.1, -0.05) is 12.1 Å². The summed E-state index contributed by atoms with van der Waals surface area (Å²) >= 11 is 0. The molecule has 1 saturated heterocycles. The van der Waals surface area contributed by atoms with Crippen LogP contribution in [-0.4, -0.2) is 34.8 Å². The number of methoxy groups -OCH3 is 1. The second kappa shape index (κ2) is 8.06. The highest BCUT2D eigenvalue weighted by molar-refractivity contribution is 5.78. The van der Waals surface area contributed by atoms with Gasteiger partial charge in [0.05, 0.1) is 13.3 Å². The normalized spacial score (nSPS) is 14.1. The van der Waals surface area contributed by atoms with Gasteiger partial charge in [-0.3, -0.25) is 0 Å². The number of ether oxygens (including phenoxy) is 1. The average molecular weight is 399 g/mol. The minimum absolute atomic E-state index is 0.795. The van der Waals surface area contributed by atoms with E-state index < -0.39 is 0 Å². The summed E-state index contributed by atoms with van der Waals surface area (Å²) in [6.45, 7) is 2.31. The van der Waals surface area contributed by atoms with Crippen molar-refractivity contribution in [3.63, 3.8) is 0 Å². The van der Waals surface area contributed by atoms with E-state index in [1.807, 2.05) is 42.7 Å². The lowest BCUT2D eigenvalue weighted by Crippen LogP contribution is -2.29. The van der Waals surface area contributed by atoms with Crippen molar-refractivity contribution in [3.8, 4) is 16.9 Å². The number of fused-ring (bicyclic) bond motifs is 1. The van der Waals surface area contributed by atoms with E-state index in [0.717, 1.165) is 47.1 Å². The number of nitrogens with one attached hydrogen (secondary N) is 1. The van der Waals surface area contributed by atoms with Crippen LogP contribution in [0.4, 0.5) is 17.2 Å². The van der Waals surface area contributed by atoms with Gasteiger partial charge in [-0.25, -0.2) is 9.50 Å². The molecule has 0 unspecified atom stereocenters. The van der Waals surface area contributed by atoms with E-state index in [4.69, 9.17) is 9.72 Å². The second-order valence-electron chi connectivity index (χ2n) is 7.59. The fraction of sp³-hybridized carbons (Fsp3) is 0.250. The third-order valence-corrected chi connectivity index (χ3v) is 5.63. The second-order valence-corrected chi connectivity index (χ2v) is 7.59. The van der Waals surface area contributed by atoms with Gasteiger partial charge in [-0.15, -0.1) is 0 Å². The highest BCUT2D eigenvalue weighted by Gasteiger charge is 2.12. The van der Waals surface area contributed by atoms with Crippen molar-refractivity contribution in [2.24, 2.45) is 0 Å². The lowest BCUT2D eigenvalue weighted by atomic mass is 10.1. The molecule has 0 spiro atoms. The van der Waals surface area contributed by atoms with E-state index in [2.05, 4.69) is 39.6 Å². The number of rotatable bonds is 5. The molecule has 0 aliphatic carbocycles. The van der Waals surface area contributed by atoms with Gasteiger partial charge in [0.15, 0.2) is 5.65 Å². The van der Waals surface area contributed by atoms with Gasteiger partial charge in [0.1, 0.15) is 11.6 Å². The van der Waals surface area contributed by atoms with Gasteiger partial charge in [-0.05, 0) is 67.3 Å². The van der Waals surface area contributed by atoms with E-state index in [-0.39, 0.29) is 0 Å². The van der Waals surface area contributed by atoms with Gasteiger partial charge < -0.3 is 15.0 Å². The van der Waals surface area contributed by atoms with E-state index in [1.165, 1.54) is 24.9 Å². The lowest BCUT2D eigenvalue weighted by molar-refractivity contribution is 0.415. The molecule has 1 aliphatic heterocycles. The Labute approximate surface area is 176 Å². The van der Waals surface area contributed by atoms with Crippen molar-refractivity contribution < 1.29 is 4.74 Å². The van der Waals surface area contributed by atoms with Crippen LogP contribution in [0.1, 0.15) is 19.3 Å². The van der Waals surface area contributed by atoms with Gasteiger partial charge in [0.2, 0.25) is 0 Å². The van der Waals surface area contributed by atoms with Crippen molar-refractivity contribution in [2.45, 2.75) is 19.3 Å². The quantitative estimate of drug-likeness (QED) is 0.504. The first-order valence-electron chi connectivity index (χ1n) is 10.4. The number of nitrogens with zero attached hydrogens (tertiary/aromatic N) is 4. The first-order valence-corrected chi connectivity index (χ1v) is 10.4. The number of piperidine rings is 1. The molecule has 2 aromatic carbocycles. The van der Waals surface area contributed by atoms with Crippen LogP contribution in [0.25, 0.3) is 16.8 Å². The number of aromatic nitrogens is 3. The average Bonchev–Trinajstić information content (AvgIpc) is 3.23. The Morgan fingerprint density at radius 1 is 0.900 bits per heavy atom. The minimum atomic E-state index is 0.795. The molecule has 0 saturated carbocycles. The van der Waals surface area contributed by atoms with Crippen LogP contribution in [-0.2, 0) is 0 Å². The molecule has 0 amide bonds. The van der Waals surface area contributed by atoms with E-state index >= 15 is 0 Å². The highest BCUT2D eigenvalue weighted by atomic mass is 16.5. The van der Waals surface area contributed by atoms with E-state index in [9.17, 15) is 0 Å². The summed E-state index contributed by atoms with van der Waals surface area (Å²) in [6.07, 6.45) is 7.69. The van der Waals surface area contributed by atoms with E-state index in [0.29, 0.717) is 0 Å². The molecule has 0 atom stereocenters. The number of hydrogen-bond acceptors (Lipinski definition) is 5. The predicted molar refractivity (Wildman–Crippen MR) is 121 cm³/mol. The Balaban J connectivity index is 1.38. The smallest absolute Gasteiger partial charge is 0.165 e. The zero-order valence-electron chi connectivity index (χ0n) is 17.1. The molecular weight excluding hydrogens is 374 g/mol. The Bertz CT molecular complexity index is 1130. The fourth-order valence-electron chi connectivity index (χ4n) is 3.97. The van der Waals surface area contributed by atoms with Crippen molar-refractivity contribution in [1.29, 1.82) is 0 Å². The first-order chi connectivity index (χ1) is 14.8. The van der Waals surface area contributed by atoms with Crippen molar-refractivity contribution in [3.05, 3.63) is 67.0 Å². The summed E-state index contributed by atoms with van der Waals surface area (Å²) in [5.41, 5.74) is 5.18. The Hall–Kier alpha value is -3.54. The van der Waals surface area contributed by atoms with Crippen molar-refractivity contribution in [1.82, 2.24) is 14.6 Å². The maximum Gasteiger partial charge on any atom is 0.165 e. The molecule has 6 nitrogen and oxygen atoms in total. The summed E-state index contributed by atoms with van der Waals surface area (Å²) in [5.74, 6) is 1.63. The minimum Gasteiger partial charge on any atom is -0.497 e. The van der Waals surface area contributed by atoms with Gasteiger partial charge in [0, 0.05) is 36.2 Å². The van der Waals surface area contributed by atoms with Gasteiger partial charge >= 0.3 is 0 Å². The van der Waals surface area contributed by atoms with Crippen LogP contribution < -0.4 is 15.0 Å². The molecule has 3 heterocycles. The largest absolute Gasteiger partial charge is 0.497 e. The maximum atomic E-state index is 5.26. The topological polar surface area (TPSA) is 54.7 Å². The van der Waals surface area contributed by atoms with Crippen LogP contribution in [0.5, 0.6) is 5.75 Å². The summed E-state index contributed by atoms with van der Waals surface area (Å²) in [4.78, 5) is 7.27. The van der Waals surface area contributed by atoms with Crippen LogP contribution >= 0.6 is 0 Å². The molecule has 30 heavy (non-hydrogen) atoms. The Morgan fingerprint density at radius 3 is 2.40 bits per heavy atom. The maximum absolute atomic E-state index is 5.26. The third kappa shape index (κ3) is 3.68. The molecular formula is C24H25N5O. The van der Waals surface area contributed by atoms with Crippen LogP contribution in [0.2, 0.25) is 0 Å². The highest BCUT2D eigenvalue weighted by Crippen LogP contribution is 2.27. The summed E-state index contributed by atoms with van der Waals surface area (Å²) in [5, 5.41) is 7.86. The molecule has 2 aromatic heterocycles. The lowest BCUT2D eigenvalue weighted by Gasteiger charge is -2.28. The number of hydrogen-bond donors (Lipinski definition) is 1. The summed E-state index contributed by atoms with van der Waals surface area (Å²) in [6, 6.07) is 18.5. The molecule has 1 fully saturated rings. The van der Waals surface area contributed by atoms with Gasteiger partial charge in [-0.2, -0.15) is 5.10 Å². The summed E-state index contributed by atoms with van der Waals surface area (Å²) < 4.78 is 7.05. The molecule has 0 radical (unpaired) electrons. The van der Waals surface area contributed by atoms with Crippen molar-refractivity contribution in [2.75, 3.05) is 30.4 Å². The zero-order chi connectivity index (χ0) is 20.3. The third-order valence-electron chi connectivity index (χ3n) is 5.63. The monoisotopic (exact) mass is 399 g/mol. The molecule has 0 bridgehead atoms. The first kappa shape index (κ1) is 18.5. The van der Waals surface area contributed by atoms with Crippen molar-refractivity contribution >= 4 is 22.8 Å². The molecule has 6 heteroatoms. The SMILES string of the molecule is COc1ccc(-c2cnn3ccc(Nc4ccc(N5CCCCC5)cc4)nc23)cc1. The predicted octanol–water partition coefficient (Wildman–Crippen LogP) is 5.14. The molecule has 1 aliphatic rings. The summed E-state index contributed by atoms with van der Waals surface area (Å²) in [7, 11) is 1.67. The van der Waals surface area contributed by atoms with Gasteiger partial charge in [0.25, 0.3) is 0 Å². The Morgan fingerprint density at radius 2 is 1.67 bits per heavy atom. The van der Waals surface area contributed by atoms with Crippen LogP contribution in [0.15, 0.2) is 67.0 Å². The zero-order valence-corrected chi connectivity index (χ0v) is 17.1. The van der Waals surface area contributed by atoms with Crippen LogP contribution in [0, 0.1) is 0 Å². The molecule has 4 aromatic rings. The molecule has 152 valence electrons. The standard InChI is InChI=1S/C24H25N5O/c1-30-21-11-5-18(6-12-21)22-17-25-29-16-13-23(27-24(22)29)26-19-7-9-20(10-8-19)28-14-3-2-4-15-28/h5-13,16-17H,2-4,14-15H2,1H3,(H,26,27). The molecule has 5 rings (SSSR count). The molecule has 1 N–H and O–H groups in total. The van der Waals surface area contributed by atoms with Crippen LogP contribution in [0.3, 0.4) is 0 Å². The number of benzene rings is 2.